The zero-order valence-corrected chi connectivity index (χ0v) is 9.08. The lowest BCUT2D eigenvalue weighted by Gasteiger charge is -2.00. The molecule has 2 atom stereocenters. The predicted molar refractivity (Wildman–Crippen MR) is 54.1 cm³/mol. The maximum atomic E-state index is 13.9. The molecule has 0 radical (unpaired) electrons. The molecule has 0 N–H and O–H groups in total. The molecule has 0 bridgehead atoms. The number of hydrogen-bond acceptors (Lipinski definition) is 0. The van der Waals surface area contributed by atoms with Crippen LogP contribution in [0, 0.1) is 23.2 Å². The van der Waals surface area contributed by atoms with Gasteiger partial charge in [0.25, 0.3) is 0 Å². The summed E-state index contributed by atoms with van der Waals surface area (Å²) in [6.07, 6.45) is 3.05. The highest BCUT2D eigenvalue weighted by Crippen LogP contribution is 2.63. The van der Waals surface area contributed by atoms with E-state index in [1.54, 1.807) is 0 Å². The molecule has 0 aromatic rings. The molecule has 1 heteroatoms. The first-order chi connectivity index (χ1) is 5.97. The van der Waals surface area contributed by atoms with Gasteiger partial charge in [-0.05, 0) is 6.42 Å². The van der Waals surface area contributed by atoms with Crippen LogP contribution in [0.15, 0.2) is 0 Å². The molecule has 1 fully saturated rings. The van der Waals surface area contributed by atoms with Crippen LogP contribution < -0.4 is 0 Å². The van der Waals surface area contributed by atoms with Crippen LogP contribution in [0.4, 0.5) is 4.39 Å². The molecule has 0 aliphatic heterocycles. The Bertz CT molecular complexity index is 244. The summed E-state index contributed by atoms with van der Waals surface area (Å²) in [5.41, 5.74) is -1.44. The van der Waals surface area contributed by atoms with Gasteiger partial charge in [0.2, 0.25) is 0 Å². The van der Waals surface area contributed by atoms with Gasteiger partial charge in [0.05, 0.1) is 0 Å². The van der Waals surface area contributed by atoms with Gasteiger partial charge in [-0.2, -0.15) is 0 Å². The van der Waals surface area contributed by atoms with Gasteiger partial charge in [0.1, 0.15) is 0 Å². The maximum absolute atomic E-state index is 13.9. The molecule has 1 aliphatic rings. The number of alkyl halides is 1. The van der Waals surface area contributed by atoms with Crippen LogP contribution in [-0.4, -0.2) is 5.67 Å². The van der Waals surface area contributed by atoms with Crippen molar-refractivity contribution < 1.29 is 4.39 Å². The molecule has 13 heavy (non-hydrogen) atoms. The molecule has 0 heterocycles. The molecule has 0 aromatic carbocycles. The van der Waals surface area contributed by atoms with Crippen LogP contribution in [-0.2, 0) is 0 Å². The number of hydrogen-bond donors (Lipinski definition) is 0. The van der Waals surface area contributed by atoms with E-state index >= 15 is 0 Å². The van der Waals surface area contributed by atoms with Crippen molar-refractivity contribution >= 4 is 0 Å². The van der Waals surface area contributed by atoms with E-state index in [2.05, 4.69) is 18.8 Å². The van der Waals surface area contributed by atoms with Crippen LogP contribution in [0.5, 0.6) is 0 Å². The van der Waals surface area contributed by atoms with E-state index in [0.717, 1.165) is 19.3 Å². The normalized spacial score (nSPS) is 35.0. The van der Waals surface area contributed by atoms with Crippen molar-refractivity contribution in [3.05, 3.63) is 0 Å². The maximum Gasteiger partial charge on any atom is 0.179 e. The summed E-state index contributed by atoms with van der Waals surface area (Å²) >= 11 is 0. The van der Waals surface area contributed by atoms with Gasteiger partial charge in [-0.25, -0.2) is 4.39 Å². The van der Waals surface area contributed by atoms with E-state index in [9.17, 15) is 4.39 Å². The van der Waals surface area contributed by atoms with Gasteiger partial charge in [-0.3, -0.25) is 0 Å². The molecule has 0 aromatic heterocycles. The Kier molecular flexibility index (Phi) is 2.71. The zero-order chi connectivity index (χ0) is 10.1. The SMILES string of the molecule is CCCCC#C[C@]1(F)[C@@H](C)C1(C)C. The lowest BCUT2D eigenvalue weighted by atomic mass is 10.1. The lowest BCUT2D eigenvalue weighted by molar-refractivity contribution is 0.316. The Morgan fingerprint density at radius 1 is 1.38 bits per heavy atom. The van der Waals surface area contributed by atoms with Gasteiger partial charge in [-0.15, -0.1) is 0 Å². The third-order valence-electron chi connectivity index (χ3n) is 3.46. The molecule has 1 rings (SSSR count). The van der Waals surface area contributed by atoms with Crippen LogP contribution in [0.1, 0.15) is 47.0 Å². The van der Waals surface area contributed by atoms with E-state index < -0.39 is 5.67 Å². The topological polar surface area (TPSA) is 0 Å². The predicted octanol–water partition coefficient (Wildman–Crippen LogP) is 3.56. The molecule has 1 aliphatic carbocycles. The molecule has 0 saturated heterocycles. The molecular weight excluding hydrogens is 163 g/mol. The Balaban J connectivity index is 2.49. The molecule has 1 saturated carbocycles. The van der Waals surface area contributed by atoms with Crippen molar-refractivity contribution in [2.24, 2.45) is 11.3 Å². The van der Waals surface area contributed by atoms with Crippen molar-refractivity contribution in [3.8, 4) is 11.8 Å². The fourth-order valence-electron chi connectivity index (χ4n) is 1.69. The molecule has 0 amide bonds. The second kappa shape index (κ2) is 3.33. The molecule has 0 unspecified atom stereocenters. The monoisotopic (exact) mass is 182 g/mol. The highest BCUT2D eigenvalue weighted by Gasteiger charge is 2.69. The Morgan fingerprint density at radius 3 is 2.31 bits per heavy atom. The quantitative estimate of drug-likeness (QED) is 0.452. The Labute approximate surface area is 80.9 Å². The van der Waals surface area contributed by atoms with Crippen molar-refractivity contribution in [3.63, 3.8) is 0 Å². The minimum Gasteiger partial charge on any atom is -0.229 e. The lowest BCUT2D eigenvalue weighted by Crippen LogP contribution is -2.05. The summed E-state index contributed by atoms with van der Waals surface area (Å²) in [6.45, 7) is 7.96. The smallest absolute Gasteiger partial charge is 0.179 e. The van der Waals surface area contributed by atoms with E-state index in [1.807, 2.05) is 20.8 Å². The molecular formula is C12H19F. The van der Waals surface area contributed by atoms with Crippen LogP contribution in [0.3, 0.4) is 0 Å². The Hall–Kier alpha value is -0.510. The number of rotatable bonds is 2. The first-order valence-electron chi connectivity index (χ1n) is 5.15. The minimum atomic E-state index is -1.21. The summed E-state index contributed by atoms with van der Waals surface area (Å²) < 4.78 is 13.9. The standard InChI is InChI=1S/C12H19F/c1-5-6-7-8-9-12(13)10(2)11(12,3)4/h10H,5-7H2,1-4H3/t10-,12-/m0/s1. The molecule has 0 spiro atoms. The van der Waals surface area contributed by atoms with Crippen molar-refractivity contribution in [1.29, 1.82) is 0 Å². The Morgan fingerprint density at radius 2 is 1.92 bits per heavy atom. The zero-order valence-electron chi connectivity index (χ0n) is 9.08. The minimum absolute atomic E-state index is 0.0918. The van der Waals surface area contributed by atoms with E-state index in [0.29, 0.717) is 0 Å². The molecule has 0 nitrogen and oxygen atoms in total. The first-order valence-corrected chi connectivity index (χ1v) is 5.15. The third-order valence-corrected chi connectivity index (χ3v) is 3.46. The van der Waals surface area contributed by atoms with Crippen LogP contribution in [0.25, 0.3) is 0 Å². The van der Waals surface area contributed by atoms with Gasteiger partial charge in [-0.1, -0.05) is 46.0 Å². The first kappa shape index (κ1) is 10.6. The van der Waals surface area contributed by atoms with Crippen molar-refractivity contribution in [2.75, 3.05) is 0 Å². The van der Waals surface area contributed by atoms with Gasteiger partial charge >= 0.3 is 0 Å². The molecule has 74 valence electrons. The number of halogens is 1. The van der Waals surface area contributed by atoms with E-state index in [1.165, 1.54) is 0 Å². The summed E-state index contributed by atoms with van der Waals surface area (Å²) in [6, 6.07) is 0. The summed E-state index contributed by atoms with van der Waals surface area (Å²) in [7, 11) is 0. The average molecular weight is 182 g/mol. The van der Waals surface area contributed by atoms with Crippen molar-refractivity contribution in [1.82, 2.24) is 0 Å². The second-order valence-electron chi connectivity index (χ2n) is 4.56. The van der Waals surface area contributed by atoms with E-state index in [-0.39, 0.29) is 11.3 Å². The second-order valence-corrected chi connectivity index (χ2v) is 4.56. The van der Waals surface area contributed by atoms with Gasteiger partial charge < -0.3 is 0 Å². The number of unbranched alkanes of at least 4 members (excludes halogenated alkanes) is 2. The summed E-state index contributed by atoms with van der Waals surface area (Å²) in [4.78, 5) is 0. The van der Waals surface area contributed by atoms with Crippen LogP contribution >= 0.6 is 0 Å². The highest BCUT2D eigenvalue weighted by molar-refractivity contribution is 5.34. The third kappa shape index (κ3) is 1.59. The average Bonchev–Trinajstić information content (AvgIpc) is 2.45. The van der Waals surface area contributed by atoms with Gasteiger partial charge in [0, 0.05) is 17.8 Å². The van der Waals surface area contributed by atoms with Crippen molar-refractivity contribution in [2.45, 2.75) is 52.6 Å². The van der Waals surface area contributed by atoms with Gasteiger partial charge in [0.15, 0.2) is 5.67 Å². The summed E-state index contributed by atoms with van der Waals surface area (Å²) in [5.74, 6) is 5.83. The fraction of sp³-hybridized carbons (Fsp3) is 0.833. The van der Waals surface area contributed by atoms with E-state index in [4.69, 9.17) is 0 Å². The van der Waals surface area contributed by atoms with Crippen LogP contribution in [0.2, 0.25) is 0 Å². The highest BCUT2D eigenvalue weighted by atomic mass is 19.1. The fourth-order valence-corrected chi connectivity index (χ4v) is 1.69. The summed E-state index contributed by atoms with van der Waals surface area (Å²) in [5, 5.41) is 0. The largest absolute Gasteiger partial charge is 0.229 e.